The van der Waals surface area contributed by atoms with Crippen molar-refractivity contribution in [2.75, 3.05) is 44.5 Å². The number of nitrogens with one attached hydrogen (secondary N) is 2. The standard InChI is InChI=1S/C29H33ClN6O6/c1-35(14-15-41-2)29(40)20-10-11-21-24(32-20)25(26(42-21)28(39)33-22-12-7-18(30)16-31-22)34-27(38)17-5-8-19(9-6-17)36-13-3-4-23(36)37/h7,10-12,16-17,19H,3-6,8-9,13-15H2,1-2H3,(H,34,38)(H,31,33,39)/t17-,19-. The lowest BCUT2D eigenvalue weighted by Gasteiger charge is -2.34. The maximum absolute atomic E-state index is 13.5. The van der Waals surface area contributed by atoms with Crippen LogP contribution in [0, 0.1) is 5.92 Å². The molecule has 0 radical (unpaired) electrons. The Balaban J connectivity index is 1.40. The number of hydrogen-bond donors (Lipinski definition) is 2. The first-order valence-electron chi connectivity index (χ1n) is 14.0. The summed E-state index contributed by atoms with van der Waals surface area (Å²) in [6.07, 6.45) is 5.53. The zero-order chi connectivity index (χ0) is 29.8. The van der Waals surface area contributed by atoms with E-state index in [1.807, 2.05) is 4.90 Å². The third-order valence-corrected chi connectivity index (χ3v) is 8.00. The van der Waals surface area contributed by atoms with Crippen molar-refractivity contribution in [3.8, 4) is 0 Å². The van der Waals surface area contributed by atoms with E-state index in [2.05, 4.69) is 20.6 Å². The summed E-state index contributed by atoms with van der Waals surface area (Å²) in [7, 11) is 3.18. The highest BCUT2D eigenvalue weighted by molar-refractivity contribution is 6.30. The number of anilines is 2. The van der Waals surface area contributed by atoms with Crippen molar-refractivity contribution in [1.29, 1.82) is 0 Å². The lowest BCUT2D eigenvalue weighted by molar-refractivity contribution is -0.130. The first-order chi connectivity index (χ1) is 20.2. The van der Waals surface area contributed by atoms with Crippen molar-refractivity contribution in [2.24, 2.45) is 5.92 Å². The number of carbonyl (C=O) groups excluding carboxylic acids is 4. The van der Waals surface area contributed by atoms with Crippen molar-refractivity contribution < 1.29 is 28.3 Å². The molecule has 2 N–H and O–H groups in total. The van der Waals surface area contributed by atoms with Crippen LogP contribution in [-0.2, 0) is 14.3 Å². The third kappa shape index (κ3) is 6.39. The summed E-state index contributed by atoms with van der Waals surface area (Å²) in [6, 6.07) is 6.32. The Morgan fingerprint density at radius 3 is 2.60 bits per heavy atom. The van der Waals surface area contributed by atoms with Crippen molar-refractivity contribution in [1.82, 2.24) is 19.8 Å². The summed E-state index contributed by atoms with van der Waals surface area (Å²) in [5.74, 6) is -1.35. The Bertz CT molecular complexity index is 1480. The number of furan rings is 1. The van der Waals surface area contributed by atoms with E-state index in [9.17, 15) is 19.2 Å². The van der Waals surface area contributed by atoms with Crippen molar-refractivity contribution in [2.45, 2.75) is 44.6 Å². The smallest absolute Gasteiger partial charge is 0.294 e. The molecule has 42 heavy (non-hydrogen) atoms. The van der Waals surface area contributed by atoms with E-state index >= 15 is 0 Å². The van der Waals surface area contributed by atoms with E-state index in [-0.39, 0.29) is 63.7 Å². The molecule has 1 aliphatic carbocycles. The van der Waals surface area contributed by atoms with Gasteiger partial charge in [-0.15, -0.1) is 0 Å². The number of likely N-dealkylation sites (N-methyl/N-ethyl adjacent to an activating group) is 1. The molecule has 1 saturated carbocycles. The van der Waals surface area contributed by atoms with E-state index in [1.165, 1.54) is 23.2 Å². The van der Waals surface area contributed by atoms with Crippen molar-refractivity contribution in [3.05, 3.63) is 46.9 Å². The van der Waals surface area contributed by atoms with Gasteiger partial charge in [0.2, 0.25) is 17.6 Å². The fraction of sp³-hybridized carbons (Fsp3) is 0.448. The molecule has 2 aliphatic rings. The monoisotopic (exact) mass is 596 g/mol. The molecule has 0 spiro atoms. The largest absolute Gasteiger partial charge is 0.447 e. The van der Waals surface area contributed by atoms with Crippen LogP contribution in [0.4, 0.5) is 11.5 Å². The van der Waals surface area contributed by atoms with Crippen LogP contribution >= 0.6 is 11.6 Å². The number of aromatic nitrogens is 2. The minimum Gasteiger partial charge on any atom is -0.447 e. The van der Waals surface area contributed by atoms with Crippen molar-refractivity contribution in [3.63, 3.8) is 0 Å². The highest BCUT2D eigenvalue weighted by atomic mass is 35.5. The van der Waals surface area contributed by atoms with Crippen LogP contribution in [0.1, 0.15) is 59.6 Å². The van der Waals surface area contributed by atoms with Gasteiger partial charge in [0, 0.05) is 51.8 Å². The van der Waals surface area contributed by atoms with Gasteiger partial charge >= 0.3 is 0 Å². The zero-order valence-corrected chi connectivity index (χ0v) is 24.3. The van der Waals surface area contributed by atoms with Gasteiger partial charge in [-0.05, 0) is 56.4 Å². The lowest BCUT2D eigenvalue weighted by Crippen LogP contribution is -2.40. The number of carbonyl (C=O) groups is 4. The van der Waals surface area contributed by atoms with Crippen LogP contribution in [0.2, 0.25) is 5.02 Å². The predicted molar refractivity (Wildman–Crippen MR) is 155 cm³/mol. The van der Waals surface area contributed by atoms with Gasteiger partial charge in [0.15, 0.2) is 5.58 Å². The first-order valence-corrected chi connectivity index (χ1v) is 14.3. The Hall–Kier alpha value is -4.03. The number of fused-ring (bicyclic) bond motifs is 1. The molecular formula is C29H33ClN6O6. The zero-order valence-electron chi connectivity index (χ0n) is 23.5. The molecule has 5 rings (SSSR count). The molecule has 0 bridgehead atoms. The molecule has 0 unspecified atom stereocenters. The van der Waals surface area contributed by atoms with Crippen LogP contribution in [-0.4, -0.2) is 83.3 Å². The quantitative estimate of drug-likeness (QED) is 0.377. The topological polar surface area (TPSA) is 147 Å². The van der Waals surface area contributed by atoms with Gasteiger partial charge in [0.25, 0.3) is 11.8 Å². The molecule has 4 amide bonds. The molecule has 0 atom stereocenters. The molecule has 4 heterocycles. The van der Waals surface area contributed by atoms with Gasteiger partial charge in [0.05, 0.1) is 11.6 Å². The van der Waals surface area contributed by atoms with Gasteiger partial charge in [-0.1, -0.05) is 11.6 Å². The van der Waals surface area contributed by atoms with Gasteiger partial charge in [-0.3, -0.25) is 19.2 Å². The number of amides is 4. The van der Waals surface area contributed by atoms with Gasteiger partial charge in [0.1, 0.15) is 22.7 Å². The third-order valence-electron chi connectivity index (χ3n) is 7.77. The molecule has 222 valence electrons. The van der Waals surface area contributed by atoms with Crippen molar-refractivity contribution >= 4 is 57.8 Å². The maximum atomic E-state index is 13.5. The first kappa shape index (κ1) is 29.5. The van der Waals surface area contributed by atoms with E-state index < -0.39 is 5.91 Å². The number of rotatable bonds is 9. The van der Waals surface area contributed by atoms with Crippen LogP contribution in [0.25, 0.3) is 11.1 Å². The van der Waals surface area contributed by atoms with E-state index in [1.54, 1.807) is 26.3 Å². The van der Waals surface area contributed by atoms with E-state index in [0.717, 1.165) is 25.8 Å². The Morgan fingerprint density at radius 1 is 1.14 bits per heavy atom. The molecule has 1 aliphatic heterocycles. The Morgan fingerprint density at radius 2 is 1.93 bits per heavy atom. The second-order valence-electron chi connectivity index (χ2n) is 10.6. The van der Waals surface area contributed by atoms with Gasteiger partial charge < -0.3 is 29.6 Å². The number of ether oxygens (including phenoxy) is 1. The highest BCUT2D eigenvalue weighted by Crippen LogP contribution is 2.34. The second-order valence-corrected chi connectivity index (χ2v) is 11.0. The average Bonchev–Trinajstić information content (AvgIpc) is 3.59. The SMILES string of the molecule is COCCN(C)C(=O)c1ccc2oc(C(=O)Nc3ccc(Cl)cn3)c(NC(=O)[C@H]3CC[C@H](N4CCCC4=O)CC3)c2n1. The summed E-state index contributed by atoms with van der Waals surface area (Å²) >= 11 is 5.91. The number of hydrogen-bond acceptors (Lipinski definition) is 8. The lowest BCUT2D eigenvalue weighted by atomic mass is 9.84. The number of likely N-dealkylation sites (tertiary alicyclic amines) is 1. The summed E-state index contributed by atoms with van der Waals surface area (Å²) in [6.45, 7) is 1.49. The Labute approximate surface area is 247 Å². The number of halogens is 1. The van der Waals surface area contributed by atoms with Gasteiger partial charge in [-0.25, -0.2) is 9.97 Å². The van der Waals surface area contributed by atoms with Crippen LogP contribution < -0.4 is 10.6 Å². The summed E-state index contributed by atoms with van der Waals surface area (Å²) < 4.78 is 10.9. The molecule has 0 aromatic carbocycles. The summed E-state index contributed by atoms with van der Waals surface area (Å²) in [5, 5.41) is 5.94. The normalized spacial score (nSPS) is 18.7. The number of pyridine rings is 2. The summed E-state index contributed by atoms with van der Waals surface area (Å²) in [4.78, 5) is 64.0. The predicted octanol–water partition coefficient (Wildman–Crippen LogP) is 3.97. The molecule has 3 aromatic heterocycles. The van der Waals surface area contributed by atoms with Crippen LogP contribution in [0.15, 0.2) is 34.9 Å². The maximum Gasteiger partial charge on any atom is 0.294 e. The molecule has 2 fully saturated rings. The van der Waals surface area contributed by atoms with Crippen LogP contribution in [0.3, 0.4) is 0 Å². The highest BCUT2D eigenvalue weighted by Gasteiger charge is 2.34. The fourth-order valence-corrected chi connectivity index (χ4v) is 5.56. The molecule has 1 saturated heterocycles. The Kier molecular flexibility index (Phi) is 9.03. The fourth-order valence-electron chi connectivity index (χ4n) is 5.45. The molecule has 13 heteroatoms. The number of methoxy groups -OCH3 is 1. The average molecular weight is 597 g/mol. The minimum absolute atomic E-state index is 0.0764. The molecule has 12 nitrogen and oxygen atoms in total. The summed E-state index contributed by atoms with van der Waals surface area (Å²) in [5.41, 5.74) is 0.610. The second kappa shape index (κ2) is 12.9. The van der Waals surface area contributed by atoms with E-state index in [0.29, 0.717) is 37.4 Å². The number of nitrogens with zero attached hydrogens (tertiary/aromatic N) is 4. The van der Waals surface area contributed by atoms with Gasteiger partial charge in [-0.2, -0.15) is 0 Å². The minimum atomic E-state index is -0.653. The van der Waals surface area contributed by atoms with E-state index in [4.69, 9.17) is 20.8 Å². The molecule has 3 aromatic rings. The molecular weight excluding hydrogens is 564 g/mol. The van der Waals surface area contributed by atoms with Crippen LogP contribution in [0.5, 0.6) is 0 Å².